The number of fused-ring (bicyclic) bond motifs is 4. The fourth-order valence-electron chi connectivity index (χ4n) is 14.7. The van der Waals surface area contributed by atoms with Crippen LogP contribution in [0.4, 0.5) is 60.5 Å². The van der Waals surface area contributed by atoms with Crippen LogP contribution in [0.1, 0.15) is 72.3 Å². The van der Waals surface area contributed by atoms with Crippen LogP contribution in [0.15, 0.2) is 226 Å². The molecule has 2 fully saturated rings. The summed E-state index contributed by atoms with van der Waals surface area (Å²) in [6, 6.07) is 47.6. The van der Waals surface area contributed by atoms with E-state index in [9.17, 15) is 33.1 Å². The van der Waals surface area contributed by atoms with Crippen LogP contribution in [0.2, 0.25) is 0 Å². The highest BCUT2D eigenvalue weighted by Gasteiger charge is 2.38. The number of nitrogens with one attached hydrogen (secondary N) is 8. The second-order valence-electron chi connectivity index (χ2n) is 32.4. The van der Waals surface area contributed by atoms with E-state index >= 15 is 0 Å². The Bertz CT molecular complexity index is 6600. The van der Waals surface area contributed by atoms with Crippen molar-refractivity contribution < 1.29 is 33.1 Å². The summed E-state index contributed by atoms with van der Waals surface area (Å²) in [7, 11) is 17.5. The average Bonchev–Trinajstić information content (AvgIpc) is 1.68. The topological polar surface area (TPSA) is 403 Å². The number of likely N-dealkylation sites (N-methyl/N-ethyl adjacent to an activating group) is 2. The molecule has 4 aromatic carbocycles. The van der Waals surface area contributed by atoms with Crippen molar-refractivity contribution >= 4 is 119 Å². The number of nitrogen functional groups attached to an aromatic ring is 1. The fourth-order valence-corrected chi connectivity index (χ4v) is 14.7. The number of aliphatic hydroxyl groups excluding tert-OH is 1. The quantitative estimate of drug-likeness (QED) is 0.0284. The third-order valence-corrected chi connectivity index (χ3v) is 21.7. The van der Waals surface area contributed by atoms with E-state index in [-0.39, 0.29) is 48.4 Å². The van der Waals surface area contributed by atoms with E-state index in [4.69, 9.17) is 5.73 Å². The Hall–Kier alpha value is -15.5. The Kier molecular flexibility index (Phi) is 27.3. The summed E-state index contributed by atoms with van der Waals surface area (Å²) in [4.78, 5) is 100.0. The normalized spacial score (nSPS) is 13.2. The van der Waals surface area contributed by atoms with Gasteiger partial charge in [0.05, 0.1) is 87.9 Å². The number of hydrogen-bond acceptors (Lipinski definition) is 25. The first kappa shape index (κ1) is 88.4. The molecule has 35 heteroatoms. The predicted octanol–water partition coefficient (Wildman–Crippen LogP) is 13.7. The van der Waals surface area contributed by atoms with Crippen molar-refractivity contribution in [2.75, 3.05) is 149 Å². The molecule has 12 aromatic heterocycles. The number of piperidine rings is 1. The largest absolute Gasteiger partial charge is 0.397 e. The van der Waals surface area contributed by atoms with Crippen LogP contribution in [0.5, 0.6) is 0 Å². The summed E-state index contributed by atoms with van der Waals surface area (Å²) in [5.74, 6) is -0.618. The minimum Gasteiger partial charge on any atom is -0.397 e. The number of aromatic nitrogens is 16. The minimum absolute atomic E-state index is 0.113. The van der Waals surface area contributed by atoms with Crippen LogP contribution < -0.4 is 46.6 Å². The molecule has 2 aliphatic rings. The number of pyridine rings is 8. The number of aromatic amines is 4. The predicted molar refractivity (Wildman–Crippen MR) is 501 cm³/mol. The third-order valence-electron chi connectivity index (χ3n) is 21.7. The van der Waals surface area contributed by atoms with E-state index in [0.29, 0.717) is 64.0 Å². The minimum atomic E-state index is -2.63. The summed E-state index contributed by atoms with van der Waals surface area (Å²) >= 11 is 0. The molecule has 33 nitrogen and oxygen atoms in total. The number of carbonyl (C=O) groups is 4. The maximum Gasteiger partial charge on any atom is 0.276 e. The lowest BCUT2D eigenvalue weighted by molar-refractivity contribution is 0.0114. The smallest absolute Gasteiger partial charge is 0.276 e. The number of nitrogens with two attached hydrogens (primary N) is 1. The standard InChI is InChI=1S/C29H36N8O2.C25H25F2N7O.C20H19N7O.C20H18N6O/c1-35(2)12-13-36(3)27-7-5-23(18-31-27)32-29(39)28-25-15-21(4-6-26(25)33-34-28)22-14-20(16-30-17-22)19-37-10-8-24(38)9-11-37;1-33(2)22-6-4-19(13-29-22)30-24(35)23-20-10-17(3-5-21(20)31-32-23)18-9-16(11-28-12-18)14-34-8-7-25(26,27)15-34;1-27(2)18-6-4-15(11-23-18)24-20(28)19-16-8-12(3-5-17(16)25-26-19)13-7-14(21)10-22-9-13;1-26(2)18-8-6-15(12-22-18)23-20(27)19-16-10-13(5-7-17(16)24-25-19)14-4-3-9-21-11-14/h4-7,14-18,24,38H,8-13,19H2,1-3H3,(H,32,39)(H,33,34);3-6,9-13H,7-8,14-15H2,1-2H3,(H,30,35)(H,31,32);3-11H,21H2,1-2H3,(H,24,28)(H,25,26);3-12H,1-2H3,(H,23,27)(H,24,25). The molecule has 0 radical (unpaired) electrons. The van der Waals surface area contributed by atoms with Crippen LogP contribution >= 0.6 is 0 Å². The lowest BCUT2D eigenvalue weighted by Crippen LogP contribution is -2.35. The van der Waals surface area contributed by atoms with Gasteiger partial charge in [-0.2, -0.15) is 20.4 Å². The van der Waals surface area contributed by atoms with E-state index in [1.807, 2.05) is 224 Å². The van der Waals surface area contributed by atoms with Gasteiger partial charge in [0.2, 0.25) is 0 Å². The molecular formula is C94H98F2N28O5. The van der Waals surface area contributed by atoms with Crippen molar-refractivity contribution in [1.82, 2.24) is 95.4 Å². The molecule has 0 spiro atoms. The number of halogens is 2. The molecule has 658 valence electrons. The van der Waals surface area contributed by atoms with E-state index in [1.54, 1.807) is 79.0 Å². The van der Waals surface area contributed by atoms with Crippen LogP contribution in [-0.4, -0.2) is 239 Å². The summed E-state index contributed by atoms with van der Waals surface area (Å²) in [6.07, 6.45) is 21.8. The first-order valence-corrected chi connectivity index (χ1v) is 41.7. The molecular weight excluding hydrogens is 1640 g/mol. The second-order valence-corrected chi connectivity index (χ2v) is 32.4. The van der Waals surface area contributed by atoms with Crippen LogP contribution in [0, 0.1) is 0 Å². The van der Waals surface area contributed by atoms with E-state index in [0.717, 1.165) is 163 Å². The lowest BCUT2D eigenvalue weighted by Gasteiger charge is -2.29. The Morgan fingerprint density at radius 2 is 0.775 bits per heavy atom. The Morgan fingerprint density at radius 3 is 1.12 bits per heavy atom. The molecule has 129 heavy (non-hydrogen) atoms. The van der Waals surface area contributed by atoms with Crippen molar-refractivity contribution in [1.29, 1.82) is 0 Å². The number of anilines is 9. The average molecular weight is 1740 g/mol. The Morgan fingerprint density at radius 1 is 0.411 bits per heavy atom. The van der Waals surface area contributed by atoms with Gasteiger partial charge >= 0.3 is 0 Å². The number of rotatable bonds is 23. The molecule has 11 N–H and O–H groups in total. The molecule has 0 atom stereocenters. The highest BCUT2D eigenvalue weighted by atomic mass is 19.3. The van der Waals surface area contributed by atoms with Gasteiger partial charge in [0, 0.05) is 195 Å². The van der Waals surface area contributed by atoms with Crippen molar-refractivity contribution in [3.8, 4) is 44.5 Å². The number of amides is 4. The van der Waals surface area contributed by atoms with Crippen LogP contribution in [-0.2, 0) is 13.1 Å². The Balaban J connectivity index is 0.000000134. The van der Waals surface area contributed by atoms with Gasteiger partial charge in [0.25, 0.3) is 29.6 Å². The lowest BCUT2D eigenvalue weighted by atomic mass is 10.0. The second kappa shape index (κ2) is 39.8. The number of benzene rings is 4. The molecule has 0 bridgehead atoms. The number of aliphatic hydroxyl groups is 1. The number of likely N-dealkylation sites (tertiary alicyclic amines) is 2. The van der Waals surface area contributed by atoms with Gasteiger partial charge in [0.15, 0.2) is 22.8 Å². The summed E-state index contributed by atoms with van der Waals surface area (Å²) in [6.45, 7) is 4.90. The first-order chi connectivity index (χ1) is 62.2. The van der Waals surface area contributed by atoms with Crippen molar-refractivity contribution in [2.24, 2.45) is 0 Å². The zero-order chi connectivity index (χ0) is 90.4. The highest BCUT2D eigenvalue weighted by molar-refractivity contribution is 6.14. The van der Waals surface area contributed by atoms with E-state index < -0.39 is 5.92 Å². The summed E-state index contributed by atoms with van der Waals surface area (Å²) < 4.78 is 27.1. The maximum atomic E-state index is 13.5. The molecule has 0 aliphatic carbocycles. The van der Waals surface area contributed by atoms with Gasteiger partial charge in [-0.15, -0.1) is 0 Å². The van der Waals surface area contributed by atoms with Gasteiger partial charge in [-0.3, -0.25) is 69.3 Å². The number of alkyl halides is 2. The Labute approximate surface area is 741 Å². The van der Waals surface area contributed by atoms with Crippen molar-refractivity contribution in [3.63, 3.8) is 0 Å². The number of carbonyl (C=O) groups excluding carboxylic acids is 4. The van der Waals surface area contributed by atoms with Gasteiger partial charge < -0.3 is 56.6 Å². The summed E-state index contributed by atoms with van der Waals surface area (Å²) in [5.41, 5.74) is 22.5. The molecule has 4 amide bonds. The fraction of sp³-hybridized carbons (Fsp3) is 0.234. The monoisotopic (exact) mass is 1740 g/mol. The first-order valence-electron chi connectivity index (χ1n) is 41.7. The van der Waals surface area contributed by atoms with Crippen molar-refractivity contribution in [2.45, 2.75) is 44.4 Å². The molecule has 0 saturated carbocycles. The van der Waals surface area contributed by atoms with Crippen molar-refractivity contribution in [3.05, 3.63) is 260 Å². The highest BCUT2D eigenvalue weighted by Crippen LogP contribution is 2.34. The zero-order valence-corrected chi connectivity index (χ0v) is 72.6. The zero-order valence-electron chi connectivity index (χ0n) is 72.6. The van der Waals surface area contributed by atoms with Gasteiger partial charge in [-0.25, -0.2) is 28.7 Å². The number of hydrogen-bond donors (Lipinski definition) is 10. The van der Waals surface area contributed by atoms with Gasteiger partial charge in [0.1, 0.15) is 23.3 Å². The molecule has 16 aromatic rings. The van der Waals surface area contributed by atoms with Gasteiger partial charge in [-0.05, 0) is 182 Å². The molecule has 2 aliphatic heterocycles. The third kappa shape index (κ3) is 22.3. The molecule has 18 rings (SSSR count). The van der Waals surface area contributed by atoms with Gasteiger partial charge in [-0.1, -0.05) is 30.3 Å². The number of nitrogens with zero attached hydrogens (tertiary/aromatic N) is 19. The molecule has 2 saturated heterocycles. The summed E-state index contributed by atoms with van der Waals surface area (Å²) in [5, 5.41) is 52.7. The maximum absolute atomic E-state index is 13.5. The molecule has 0 unspecified atom stereocenters. The van der Waals surface area contributed by atoms with Crippen LogP contribution in [0.25, 0.3) is 88.1 Å². The SMILES string of the molecule is CN(C)CCN(C)c1ccc(NC(=O)c2n[nH]c3ccc(-c4cncc(CN5CCC(O)CC5)c4)cc23)cn1.CN(C)c1ccc(NC(=O)c2n[nH]c3ccc(-c4cccnc4)cc23)cn1.CN(C)c1ccc(NC(=O)c2n[nH]c3ccc(-c4cncc(CN5CCC(F)(F)C5)c4)cc23)cn1.CN(C)c1ccc(NC(=O)c2n[nH]c3ccc(-c4cncc(N)c4)cc23)cn1. The van der Waals surface area contributed by atoms with Crippen LogP contribution in [0.3, 0.4) is 0 Å². The van der Waals surface area contributed by atoms with E-state index in [2.05, 4.69) is 123 Å². The molecule has 14 heterocycles. The number of H-pyrrole nitrogens is 4. The van der Waals surface area contributed by atoms with E-state index in [1.165, 1.54) is 0 Å².